The predicted molar refractivity (Wildman–Crippen MR) is 123 cm³/mol. The Labute approximate surface area is 188 Å². The van der Waals surface area contributed by atoms with Crippen molar-refractivity contribution in [3.8, 4) is 28.7 Å². The Bertz CT molecular complexity index is 1260. The standard InChI is InChI=1S/C23H19N5OS2/c1-15-8-6-7-11-17(15)21-26-27-23(28(21)2)31-14-20(29)18(12-24)22-25-19(13-30-22)16-9-4-3-5-10-16/h3-11,13,18H,14H2,1-2H3. The highest BCUT2D eigenvalue weighted by molar-refractivity contribution is 7.99. The lowest BCUT2D eigenvalue weighted by molar-refractivity contribution is -0.116. The van der Waals surface area contributed by atoms with Crippen molar-refractivity contribution in [2.45, 2.75) is 18.0 Å². The largest absolute Gasteiger partial charge is 0.305 e. The van der Waals surface area contributed by atoms with Gasteiger partial charge in [0.15, 0.2) is 22.7 Å². The van der Waals surface area contributed by atoms with Crippen LogP contribution in [0.3, 0.4) is 0 Å². The number of aryl methyl sites for hydroxylation is 1. The van der Waals surface area contributed by atoms with Crippen LogP contribution in [0.1, 0.15) is 16.5 Å². The van der Waals surface area contributed by atoms with E-state index in [-0.39, 0.29) is 11.5 Å². The van der Waals surface area contributed by atoms with Gasteiger partial charge in [-0.05, 0) is 12.5 Å². The molecule has 8 heteroatoms. The van der Waals surface area contributed by atoms with Crippen molar-refractivity contribution in [3.63, 3.8) is 0 Å². The van der Waals surface area contributed by atoms with Crippen molar-refractivity contribution in [3.05, 3.63) is 70.5 Å². The number of nitrogens with zero attached hydrogens (tertiary/aromatic N) is 5. The van der Waals surface area contributed by atoms with Gasteiger partial charge in [-0.15, -0.1) is 21.5 Å². The van der Waals surface area contributed by atoms with Crippen LogP contribution in [0.2, 0.25) is 0 Å². The molecule has 0 N–H and O–H groups in total. The third kappa shape index (κ3) is 4.43. The summed E-state index contributed by atoms with van der Waals surface area (Å²) in [6, 6.07) is 19.8. The Kier molecular flexibility index (Phi) is 6.26. The van der Waals surface area contributed by atoms with Crippen LogP contribution < -0.4 is 0 Å². The summed E-state index contributed by atoms with van der Waals surface area (Å²) in [6.45, 7) is 2.02. The summed E-state index contributed by atoms with van der Waals surface area (Å²) >= 11 is 2.62. The number of thioether (sulfide) groups is 1. The molecule has 31 heavy (non-hydrogen) atoms. The van der Waals surface area contributed by atoms with Gasteiger partial charge in [-0.1, -0.05) is 66.4 Å². The van der Waals surface area contributed by atoms with Gasteiger partial charge < -0.3 is 4.57 Å². The molecule has 154 valence electrons. The number of hydrogen-bond acceptors (Lipinski definition) is 7. The molecule has 0 aliphatic rings. The van der Waals surface area contributed by atoms with E-state index < -0.39 is 5.92 Å². The molecular formula is C23H19N5OS2. The van der Waals surface area contributed by atoms with E-state index in [1.165, 1.54) is 23.1 Å². The minimum atomic E-state index is -0.890. The van der Waals surface area contributed by atoms with E-state index in [0.29, 0.717) is 10.2 Å². The first-order chi connectivity index (χ1) is 15.1. The number of thiazole rings is 1. The molecule has 0 saturated heterocycles. The van der Waals surface area contributed by atoms with Crippen LogP contribution in [-0.2, 0) is 11.8 Å². The zero-order valence-electron chi connectivity index (χ0n) is 17.0. The molecule has 0 bridgehead atoms. The molecule has 0 radical (unpaired) electrons. The predicted octanol–water partition coefficient (Wildman–Crippen LogP) is 4.88. The number of aromatic nitrogens is 4. The van der Waals surface area contributed by atoms with Gasteiger partial charge in [0, 0.05) is 23.6 Å². The van der Waals surface area contributed by atoms with Crippen LogP contribution >= 0.6 is 23.1 Å². The van der Waals surface area contributed by atoms with Gasteiger partial charge >= 0.3 is 0 Å². The van der Waals surface area contributed by atoms with Crippen molar-refractivity contribution in [2.75, 3.05) is 5.75 Å². The first kappa shape index (κ1) is 21.0. The summed E-state index contributed by atoms with van der Waals surface area (Å²) in [5, 5.41) is 21.2. The highest BCUT2D eigenvalue weighted by Crippen LogP contribution is 2.29. The van der Waals surface area contributed by atoms with Crippen LogP contribution in [0.15, 0.2) is 65.1 Å². The molecule has 4 rings (SSSR count). The van der Waals surface area contributed by atoms with Crippen molar-refractivity contribution in [1.29, 1.82) is 5.26 Å². The quantitative estimate of drug-likeness (QED) is 0.377. The minimum Gasteiger partial charge on any atom is -0.305 e. The molecule has 0 aliphatic carbocycles. The number of Topliss-reactive ketones (excluding diaryl/α,β-unsaturated/α-hetero) is 1. The minimum absolute atomic E-state index is 0.123. The summed E-state index contributed by atoms with van der Waals surface area (Å²) in [4.78, 5) is 17.3. The molecule has 0 saturated carbocycles. The lowest BCUT2D eigenvalue weighted by Gasteiger charge is -2.07. The maximum absolute atomic E-state index is 12.8. The van der Waals surface area contributed by atoms with Gasteiger partial charge in [-0.3, -0.25) is 4.79 Å². The fraction of sp³-hybridized carbons (Fsp3) is 0.174. The molecule has 1 atom stereocenters. The van der Waals surface area contributed by atoms with E-state index in [4.69, 9.17) is 0 Å². The molecule has 0 spiro atoms. The number of carbonyl (C=O) groups is 1. The number of benzene rings is 2. The maximum atomic E-state index is 12.8. The van der Waals surface area contributed by atoms with Crippen molar-refractivity contribution >= 4 is 28.9 Å². The smallest absolute Gasteiger partial charge is 0.191 e. The van der Waals surface area contributed by atoms with E-state index in [1.807, 2.05) is 78.5 Å². The maximum Gasteiger partial charge on any atom is 0.191 e. The molecule has 6 nitrogen and oxygen atoms in total. The molecule has 0 amide bonds. The average Bonchev–Trinajstić information content (AvgIpc) is 3.41. The van der Waals surface area contributed by atoms with Gasteiger partial charge in [0.05, 0.1) is 17.5 Å². The zero-order valence-corrected chi connectivity index (χ0v) is 18.7. The molecule has 2 heterocycles. The topological polar surface area (TPSA) is 84.5 Å². The monoisotopic (exact) mass is 445 g/mol. The van der Waals surface area contributed by atoms with Gasteiger partial charge in [0.2, 0.25) is 0 Å². The van der Waals surface area contributed by atoms with Crippen LogP contribution in [0, 0.1) is 18.3 Å². The van der Waals surface area contributed by atoms with Gasteiger partial charge in [-0.25, -0.2) is 4.98 Å². The van der Waals surface area contributed by atoms with E-state index in [2.05, 4.69) is 21.3 Å². The second-order valence-corrected chi connectivity index (χ2v) is 8.77. The fourth-order valence-corrected chi connectivity index (χ4v) is 4.85. The van der Waals surface area contributed by atoms with Crippen molar-refractivity contribution in [2.24, 2.45) is 7.05 Å². The number of nitriles is 1. The molecule has 1 unspecified atom stereocenters. The summed E-state index contributed by atoms with van der Waals surface area (Å²) in [6.07, 6.45) is 0. The Morgan fingerprint density at radius 3 is 2.65 bits per heavy atom. The third-order valence-corrected chi connectivity index (χ3v) is 6.81. The highest BCUT2D eigenvalue weighted by atomic mass is 32.2. The van der Waals surface area contributed by atoms with Crippen molar-refractivity contribution < 1.29 is 4.79 Å². The first-order valence-corrected chi connectivity index (χ1v) is 11.5. The highest BCUT2D eigenvalue weighted by Gasteiger charge is 2.25. The van der Waals surface area contributed by atoms with Crippen LogP contribution in [-0.4, -0.2) is 31.3 Å². The van der Waals surface area contributed by atoms with E-state index in [9.17, 15) is 10.1 Å². The second-order valence-electron chi connectivity index (χ2n) is 6.93. The number of ketones is 1. The lowest BCUT2D eigenvalue weighted by atomic mass is 10.1. The van der Waals surface area contributed by atoms with Crippen molar-refractivity contribution in [1.82, 2.24) is 19.7 Å². The molecule has 2 aromatic heterocycles. The lowest BCUT2D eigenvalue weighted by Crippen LogP contribution is -2.13. The second kappa shape index (κ2) is 9.25. The van der Waals surface area contributed by atoms with E-state index in [1.54, 1.807) is 0 Å². The number of carbonyl (C=O) groups excluding carboxylic acids is 1. The average molecular weight is 446 g/mol. The third-order valence-electron chi connectivity index (χ3n) is 4.85. The first-order valence-electron chi connectivity index (χ1n) is 9.60. The summed E-state index contributed by atoms with van der Waals surface area (Å²) in [5.41, 5.74) is 3.85. The molecule has 0 aliphatic heterocycles. The molecule has 4 aromatic rings. The van der Waals surface area contributed by atoms with Crippen LogP contribution in [0.5, 0.6) is 0 Å². The fourth-order valence-electron chi connectivity index (χ4n) is 3.14. The molecule has 0 fully saturated rings. The Morgan fingerprint density at radius 1 is 1.16 bits per heavy atom. The van der Waals surface area contributed by atoms with Crippen LogP contribution in [0.4, 0.5) is 0 Å². The summed E-state index contributed by atoms with van der Waals surface area (Å²) in [5.74, 6) is -0.212. The normalized spacial score (nSPS) is 11.8. The Balaban J connectivity index is 1.47. The van der Waals surface area contributed by atoms with Gasteiger partial charge in [0.1, 0.15) is 5.01 Å². The number of hydrogen-bond donors (Lipinski definition) is 0. The Hall–Kier alpha value is -3.28. The van der Waals surface area contributed by atoms with Gasteiger partial charge in [-0.2, -0.15) is 5.26 Å². The SMILES string of the molecule is Cc1ccccc1-c1nnc(SCC(=O)C(C#N)c2nc(-c3ccccc3)cs2)n1C. The Morgan fingerprint density at radius 2 is 1.90 bits per heavy atom. The molecular weight excluding hydrogens is 426 g/mol. The van der Waals surface area contributed by atoms with Crippen LogP contribution in [0.25, 0.3) is 22.6 Å². The number of rotatable bonds is 7. The zero-order chi connectivity index (χ0) is 21.8. The summed E-state index contributed by atoms with van der Waals surface area (Å²) in [7, 11) is 1.88. The summed E-state index contributed by atoms with van der Waals surface area (Å²) < 4.78 is 1.87. The van der Waals surface area contributed by atoms with Gasteiger partial charge in [0.25, 0.3) is 0 Å². The molecule has 2 aromatic carbocycles. The van der Waals surface area contributed by atoms with E-state index >= 15 is 0 Å². The van der Waals surface area contributed by atoms with E-state index in [0.717, 1.165) is 28.2 Å².